The first-order valence-corrected chi connectivity index (χ1v) is 10.9. The topological polar surface area (TPSA) is 17.1 Å². The summed E-state index contributed by atoms with van der Waals surface area (Å²) in [6.45, 7) is 18.8. The van der Waals surface area contributed by atoms with Crippen LogP contribution >= 0.6 is 11.6 Å². The molecule has 26 heavy (non-hydrogen) atoms. The lowest BCUT2D eigenvalue weighted by Gasteiger charge is -2.05. The molecule has 1 unspecified atom stereocenters. The highest BCUT2D eigenvalue weighted by Gasteiger charge is 2.05. The Hall–Kier alpha value is -0.820. The van der Waals surface area contributed by atoms with Crippen LogP contribution in [-0.4, -0.2) is 5.78 Å². The van der Waals surface area contributed by atoms with E-state index < -0.39 is 0 Å². The molecule has 0 heterocycles. The molecule has 1 aromatic carbocycles. The smallest absolute Gasteiger partial charge is 0.135 e. The number of ketones is 1. The lowest BCUT2D eigenvalue weighted by Crippen LogP contribution is -2.06. The van der Waals surface area contributed by atoms with Gasteiger partial charge in [0.2, 0.25) is 0 Å². The number of halogens is 1. The molecule has 0 aromatic heterocycles. The Labute approximate surface area is 169 Å². The molecular weight excluding hydrogens is 340 g/mol. The normalized spacial score (nSPS) is 10.4. The van der Waals surface area contributed by atoms with Gasteiger partial charge in [0.25, 0.3) is 0 Å². The van der Waals surface area contributed by atoms with Crippen LogP contribution in [0.5, 0.6) is 0 Å². The molecule has 0 spiro atoms. The van der Waals surface area contributed by atoms with Crippen molar-refractivity contribution < 1.29 is 4.79 Å². The summed E-state index contributed by atoms with van der Waals surface area (Å²) in [5, 5.41) is 0.810. The molecule has 1 aromatic rings. The highest BCUT2D eigenvalue weighted by atomic mass is 35.5. The summed E-state index contributed by atoms with van der Waals surface area (Å²) >= 11 is 5.64. The van der Waals surface area contributed by atoms with Crippen LogP contribution in [0.25, 0.3) is 0 Å². The number of hydrogen-bond acceptors (Lipinski definition) is 1. The van der Waals surface area contributed by atoms with Crippen molar-refractivity contribution in [2.24, 2.45) is 11.8 Å². The third kappa shape index (κ3) is 21.2. The summed E-state index contributed by atoms with van der Waals surface area (Å²) in [6.07, 6.45) is 7.19. The van der Waals surface area contributed by atoms with Gasteiger partial charge in [0.1, 0.15) is 5.78 Å². The summed E-state index contributed by atoms with van der Waals surface area (Å²) in [5.41, 5.74) is 1.21. The lowest BCUT2D eigenvalue weighted by atomic mass is 10.0. The van der Waals surface area contributed by atoms with E-state index in [-0.39, 0.29) is 5.92 Å². The molecule has 154 valence electrons. The van der Waals surface area contributed by atoms with Crippen LogP contribution in [0.15, 0.2) is 24.3 Å². The molecule has 0 aliphatic rings. The molecule has 0 fully saturated rings. The van der Waals surface area contributed by atoms with Gasteiger partial charge in [-0.3, -0.25) is 4.79 Å². The fraction of sp³-hybridized carbons (Fsp3) is 0.708. The number of aryl methyl sites for hydroxylation is 1. The third-order valence-electron chi connectivity index (χ3n) is 4.05. The first-order chi connectivity index (χ1) is 12.3. The zero-order valence-electron chi connectivity index (χ0n) is 19.0. The zero-order valence-corrected chi connectivity index (χ0v) is 19.7. The van der Waals surface area contributed by atoms with E-state index >= 15 is 0 Å². The van der Waals surface area contributed by atoms with Crippen LogP contribution in [0.3, 0.4) is 0 Å². The molecule has 0 bridgehead atoms. The molecule has 0 radical (unpaired) electrons. The number of Topliss-reactive ketones (excluding diaryl/α,β-unsaturated/α-hetero) is 1. The van der Waals surface area contributed by atoms with Gasteiger partial charge in [-0.25, -0.2) is 0 Å². The van der Waals surface area contributed by atoms with E-state index in [0.29, 0.717) is 12.2 Å². The predicted molar refractivity (Wildman–Crippen MR) is 121 cm³/mol. The summed E-state index contributed by atoms with van der Waals surface area (Å²) in [6, 6.07) is 7.76. The van der Waals surface area contributed by atoms with E-state index in [2.05, 4.69) is 20.8 Å². The highest BCUT2D eigenvalue weighted by Crippen LogP contribution is 2.11. The zero-order chi connectivity index (χ0) is 21.0. The number of hydrogen-bond donors (Lipinski definition) is 0. The second-order valence-electron chi connectivity index (χ2n) is 6.61. The minimum atomic E-state index is 0.278. The van der Waals surface area contributed by atoms with Crippen LogP contribution in [0, 0.1) is 18.8 Å². The SMILES string of the molecule is CC.CCC(=O)C(C)CC.CCCC(C)CCC.Cc1cccc(Cl)c1. The molecule has 1 rings (SSSR count). The van der Waals surface area contributed by atoms with Crippen LogP contribution in [-0.2, 0) is 4.79 Å². The summed E-state index contributed by atoms with van der Waals surface area (Å²) < 4.78 is 0. The van der Waals surface area contributed by atoms with Gasteiger partial charge in [-0.15, -0.1) is 0 Å². The van der Waals surface area contributed by atoms with E-state index in [0.717, 1.165) is 17.4 Å². The Balaban J connectivity index is -0.000000291. The quantitative estimate of drug-likeness (QED) is 0.458. The van der Waals surface area contributed by atoms with Crippen LogP contribution in [0.1, 0.15) is 99.5 Å². The second-order valence-corrected chi connectivity index (χ2v) is 7.05. The Morgan fingerprint density at radius 1 is 1.00 bits per heavy atom. The summed E-state index contributed by atoms with van der Waals surface area (Å²) in [5.74, 6) is 1.62. The molecule has 1 nitrogen and oxygen atoms in total. The predicted octanol–water partition coefficient (Wildman–Crippen LogP) is 8.91. The maximum atomic E-state index is 10.7. The van der Waals surface area contributed by atoms with E-state index in [9.17, 15) is 4.79 Å². The van der Waals surface area contributed by atoms with Gasteiger partial charge in [-0.1, -0.05) is 105 Å². The summed E-state index contributed by atoms with van der Waals surface area (Å²) in [7, 11) is 0. The molecular formula is C24H45ClO. The van der Waals surface area contributed by atoms with Crippen molar-refractivity contribution in [3.8, 4) is 0 Å². The molecule has 0 saturated carbocycles. The Morgan fingerprint density at radius 2 is 1.50 bits per heavy atom. The molecule has 1 atom stereocenters. The van der Waals surface area contributed by atoms with Crippen molar-refractivity contribution in [1.29, 1.82) is 0 Å². The number of benzene rings is 1. The van der Waals surface area contributed by atoms with Gasteiger partial charge in [-0.2, -0.15) is 0 Å². The van der Waals surface area contributed by atoms with Gasteiger partial charge in [0, 0.05) is 17.4 Å². The lowest BCUT2D eigenvalue weighted by molar-refractivity contribution is -0.122. The van der Waals surface area contributed by atoms with Gasteiger partial charge in [0.05, 0.1) is 0 Å². The van der Waals surface area contributed by atoms with Gasteiger partial charge in [0.15, 0.2) is 0 Å². The average molecular weight is 385 g/mol. The first-order valence-electron chi connectivity index (χ1n) is 10.6. The van der Waals surface area contributed by atoms with Crippen molar-refractivity contribution in [3.05, 3.63) is 34.9 Å². The van der Waals surface area contributed by atoms with E-state index in [1.807, 2.05) is 65.8 Å². The fourth-order valence-electron chi connectivity index (χ4n) is 2.31. The van der Waals surface area contributed by atoms with Gasteiger partial charge in [-0.05, 0) is 37.0 Å². The van der Waals surface area contributed by atoms with Crippen molar-refractivity contribution in [1.82, 2.24) is 0 Å². The van der Waals surface area contributed by atoms with Gasteiger partial charge >= 0.3 is 0 Å². The number of carbonyl (C=O) groups excluding carboxylic acids is 1. The largest absolute Gasteiger partial charge is 0.299 e. The molecule has 0 amide bonds. The maximum absolute atomic E-state index is 10.7. The standard InChI is InChI=1S/C8H18.C7H7Cl.C7H14O.C2H6/c1-4-6-8(3)7-5-2;1-6-3-2-4-7(8)5-6;1-4-6(3)7(8)5-2;1-2/h8H,4-7H2,1-3H3;2-5H,1H3;6H,4-5H2,1-3H3;1-2H3. The number of carbonyl (C=O) groups is 1. The maximum Gasteiger partial charge on any atom is 0.135 e. The average Bonchev–Trinajstić information content (AvgIpc) is 2.63. The van der Waals surface area contributed by atoms with Crippen molar-refractivity contribution in [2.45, 2.75) is 101 Å². The minimum absolute atomic E-state index is 0.278. The molecule has 0 aliphatic heterocycles. The van der Waals surface area contributed by atoms with Crippen LogP contribution in [0.2, 0.25) is 5.02 Å². The Bertz CT molecular complexity index is 391. The summed E-state index contributed by atoms with van der Waals surface area (Å²) in [4.78, 5) is 10.7. The second kappa shape index (κ2) is 22.2. The molecule has 0 N–H and O–H groups in total. The van der Waals surface area contributed by atoms with E-state index in [4.69, 9.17) is 11.6 Å². The number of rotatable bonds is 7. The monoisotopic (exact) mass is 384 g/mol. The van der Waals surface area contributed by atoms with E-state index in [1.54, 1.807) is 0 Å². The van der Waals surface area contributed by atoms with E-state index in [1.165, 1.54) is 31.2 Å². The fourth-order valence-corrected chi connectivity index (χ4v) is 2.56. The minimum Gasteiger partial charge on any atom is -0.299 e. The van der Waals surface area contributed by atoms with Crippen molar-refractivity contribution >= 4 is 17.4 Å². The Morgan fingerprint density at radius 3 is 1.73 bits per heavy atom. The molecule has 2 heteroatoms. The molecule has 0 aliphatic carbocycles. The Kier molecular flexibility index (Phi) is 25.6. The third-order valence-corrected chi connectivity index (χ3v) is 4.29. The highest BCUT2D eigenvalue weighted by molar-refractivity contribution is 6.30. The van der Waals surface area contributed by atoms with Crippen LogP contribution in [0.4, 0.5) is 0 Å². The van der Waals surface area contributed by atoms with Crippen LogP contribution < -0.4 is 0 Å². The van der Waals surface area contributed by atoms with Crippen molar-refractivity contribution in [2.75, 3.05) is 0 Å². The van der Waals surface area contributed by atoms with Gasteiger partial charge < -0.3 is 0 Å². The molecule has 0 saturated heterocycles. The van der Waals surface area contributed by atoms with Crippen molar-refractivity contribution in [3.63, 3.8) is 0 Å². The first kappa shape index (κ1) is 29.9.